The van der Waals surface area contributed by atoms with Crippen LogP contribution in [0.15, 0.2) is 9.57 Å². The maximum Gasteiger partial charge on any atom is 0.256 e. The van der Waals surface area contributed by atoms with Crippen LogP contribution < -0.4 is 0 Å². The Morgan fingerprint density at radius 3 is 3.05 bits per heavy atom. The molecule has 1 aromatic rings. The molecule has 110 valence electrons. The van der Waals surface area contributed by atoms with Crippen molar-refractivity contribution in [1.29, 1.82) is 0 Å². The summed E-state index contributed by atoms with van der Waals surface area (Å²) >= 11 is 0. The van der Waals surface area contributed by atoms with Gasteiger partial charge in [0.25, 0.3) is 5.89 Å². The molecule has 0 aromatic carbocycles. The summed E-state index contributed by atoms with van der Waals surface area (Å²) < 4.78 is 5.20. The molecule has 0 bridgehead atoms. The van der Waals surface area contributed by atoms with Crippen LogP contribution in [0.2, 0.25) is 0 Å². The molecule has 7 nitrogen and oxygen atoms in total. The summed E-state index contributed by atoms with van der Waals surface area (Å²) in [6, 6.07) is 0.235. The second kappa shape index (κ2) is 7.02. The minimum atomic E-state index is 0.181. The third-order valence-electron chi connectivity index (χ3n) is 3.31. The lowest BCUT2D eigenvalue weighted by molar-refractivity contribution is -0.120. The molecule has 0 unspecified atom stereocenters. The molecule has 1 aromatic heterocycles. The van der Waals surface area contributed by atoms with Gasteiger partial charge in [0.1, 0.15) is 0 Å². The number of carbonyl (C=O) groups excluding carboxylic acids is 1. The minimum absolute atomic E-state index is 0.181. The predicted molar refractivity (Wildman–Crippen MR) is 72.0 cm³/mol. The van der Waals surface area contributed by atoms with E-state index >= 15 is 0 Å². The van der Waals surface area contributed by atoms with Gasteiger partial charge < -0.3 is 14.2 Å². The Hall–Kier alpha value is -1.92. The molecule has 1 aliphatic heterocycles. The zero-order valence-corrected chi connectivity index (χ0v) is 11.9. The number of rotatable bonds is 6. The molecule has 1 aliphatic rings. The molecule has 0 N–H and O–H groups in total. The Bertz CT molecular complexity index is 472. The molecule has 2 heterocycles. The van der Waals surface area contributed by atoms with Crippen molar-refractivity contribution in [1.82, 2.24) is 15.1 Å². The molecule has 1 atom stereocenters. The summed E-state index contributed by atoms with van der Waals surface area (Å²) in [5.74, 6) is 0.931. The molecule has 0 aliphatic carbocycles. The van der Waals surface area contributed by atoms with E-state index in [1.54, 1.807) is 6.92 Å². The van der Waals surface area contributed by atoms with Crippen LogP contribution in [0, 0.1) is 6.92 Å². The highest BCUT2D eigenvalue weighted by atomic mass is 16.6. The van der Waals surface area contributed by atoms with Crippen molar-refractivity contribution in [2.75, 3.05) is 6.54 Å². The van der Waals surface area contributed by atoms with E-state index in [0.717, 1.165) is 37.8 Å². The highest BCUT2D eigenvalue weighted by molar-refractivity contribution is 5.86. The Morgan fingerprint density at radius 1 is 1.55 bits per heavy atom. The fraction of sp³-hybridized carbons (Fsp3) is 0.692. The molecule has 20 heavy (non-hydrogen) atoms. The first-order chi connectivity index (χ1) is 9.72. The highest BCUT2D eigenvalue weighted by Gasteiger charge is 2.24. The Morgan fingerprint density at radius 2 is 2.40 bits per heavy atom. The molecule has 1 fully saturated rings. The van der Waals surface area contributed by atoms with Gasteiger partial charge in [-0.15, -0.1) is 10.2 Å². The van der Waals surface area contributed by atoms with Crippen LogP contribution >= 0.6 is 0 Å². The van der Waals surface area contributed by atoms with Gasteiger partial charge >= 0.3 is 0 Å². The van der Waals surface area contributed by atoms with Crippen LogP contribution in [0.3, 0.4) is 0 Å². The van der Waals surface area contributed by atoms with Gasteiger partial charge in [0.2, 0.25) is 12.3 Å². The number of piperidine rings is 1. The molecule has 1 saturated heterocycles. The lowest BCUT2D eigenvalue weighted by Gasteiger charge is -2.33. The quantitative estimate of drug-likeness (QED) is 0.585. The van der Waals surface area contributed by atoms with Crippen LogP contribution in [-0.4, -0.2) is 39.8 Å². The van der Waals surface area contributed by atoms with E-state index in [1.807, 2.05) is 4.90 Å². The van der Waals surface area contributed by atoms with Crippen molar-refractivity contribution in [2.45, 2.75) is 52.2 Å². The fourth-order valence-electron chi connectivity index (χ4n) is 2.33. The standard InChI is InChI=1S/C13H20N4O3/c1-3-4-12-7-11(5-6-17(12)9-18)16-19-8-13-15-14-10(2)20-13/h9,12H,3-8H2,1-2H3/b16-11+/t12-/m0/s1. The van der Waals surface area contributed by atoms with E-state index in [0.29, 0.717) is 18.3 Å². The number of nitrogens with zero attached hydrogens (tertiary/aromatic N) is 4. The summed E-state index contributed by atoms with van der Waals surface area (Å²) in [7, 11) is 0. The average molecular weight is 280 g/mol. The second-order valence-electron chi connectivity index (χ2n) is 4.89. The highest BCUT2D eigenvalue weighted by Crippen LogP contribution is 2.18. The minimum Gasteiger partial charge on any atom is -0.422 e. The maximum absolute atomic E-state index is 11.0. The van der Waals surface area contributed by atoms with Gasteiger partial charge in [-0.2, -0.15) is 0 Å². The second-order valence-corrected chi connectivity index (χ2v) is 4.89. The van der Waals surface area contributed by atoms with Gasteiger partial charge in [0.05, 0.1) is 5.71 Å². The first-order valence-electron chi connectivity index (χ1n) is 6.90. The van der Waals surface area contributed by atoms with Crippen LogP contribution in [-0.2, 0) is 16.2 Å². The number of likely N-dealkylation sites (tertiary alicyclic amines) is 1. The van der Waals surface area contributed by atoms with Crippen molar-refractivity contribution in [3.8, 4) is 0 Å². The van der Waals surface area contributed by atoms with Crippen molar-refractivity contribution in [3.63, 3.8) is 0 Å². The van der Waals surface area contributed by atoms with Crippen molar-refractivity contribution in [2.24, 2.45) is 5.16 Å². The van der Waals surface area contributed by atoms with Gasteiger partial charge in [0, 0.05) is 32.4 Å². The number of oxime groups is 1. The fourth-order valence-corrected chi connectivity index (χ4v) is 2.33. The summed E-state index contributed by atoms with van der Waals surface area (Å²) in [6.07, 6.45) is 4.49. The normalized spacial score (nSPS) is 21.2. The summed E-state index contributed by atoms with van der Waals surface area (Å²) in [5, 5.41) is 11.7. The number of aryl methyl sites for hydroxylation is 1. The van der Waals surface area contributed by atoms with E-state index in [9.17, 15) is 4.79 Å². The van der Waals surface area contributed by atoms with E-state index in [-0.39, 0.29) is 12.6 Å². The number of hydrogen-bond acceptors (Lipinski definition) is 6. The monoisotopic (exact) mass is 280 g/mol. The molecule has 2 rings (SSSR count). The predicted octanol–water partition coefficient (Wildman–Crippen LogP) is 1.67. The molecular weight excluding hydrogens is 260 g/mol. The van der Waals surface area contributed by atoms with E-state index in [1.165, 1.54) is 0 Å². The van der Waals surface area contributed by atoms with Gasteiger partial charge in [-0.1, -0.05) is 18.5 Å². The third-order valence-corrected chi connectivity index (χ3v) is 3.31. The van der Waals surface area contributed by atoms with E-state index < -0.39 is 0 Å². The Labute approximate surface area is 118 Å². The smallest absolute Gasteiger partial charge is 0.256 e. The zero-order chi connectivity index (χ0) is 14.4. The van der Waals surface area contributed by atoms with Crippen LogP contribution in [0.25, 0.3) is 0 Å². The van der Waals surface area contributed by atoms with Gasteiger partial charge in [-0.25, -0.2) is 0 Å². The molecule has 7 heteroatoms. The lowest BCUT2D eigenvalue weighted by atomic mass is 9.97. The summed E-state index contributed by atoms with van der Waals surface area (Å²) in [5.41, 5.74) is 0.984. The number of hydrogen-bond donors (Lipinski definition) is 0. The molecule has 0 radical (unpaired) electrons. The van der Waals surface area contributed by atoms with Crippen LogP contribution in [0.1, 0.15) is 44.4 Å². The van der Waals surface area contributed by atoms with Gasteiger partial charge in [-0.3, -0.25) is 4.79 Å². The van der Waals surface area contributed by atoms with Crippen molar-refractivity contribution < 1.29 is 14.0 Å². The van der Waals surface area contributed by atoms with Crippen LogP contribution in [0.4, 0.5) is 0 Å². The lowest BCUT2D eigenvalue weighted by Crippen LogP contribution is -2.41. The molecular formula is C13H20N4O3. The number of aromatic nitrogens is 2. The Balaban J connectivity index is 1.85. The van der Waals surface area contributed by atoms with E-state index in [4.69, 9.17) is 9.25 Å². The third kappa shape index (κ3) is 3.79. The largest absolute Gasteiger partial charge is 0.422 e. The van der Waals surface area contributed by atoms with Crippen molar-refractivity contribution >= 4 is 12.1 Å². The SMILES string of the molecule is CCC[C@H]1C/C(=N/OCc2nnc(C)o2)CCN1C=O. The van der Waals surface area contributed by atoms with Crippen LogP contribution in [0.5, 0.6) is 0 Å². The maximum atomic E-state index is 11.0. The van der Waals surface area contributed by atoms with E-state index in [2.05, 4.69) is 22.3 Å². The van der Waals surface area contributed by atoms with Gasteiger partial charge in [0.15, 0.2) is 6.61 Å². The Kier molecular flexibility index (Phi) is 5.09. The molecule has 0 saturated carbocycles. The number of amides is 1. The zero-order valence-electron chi connectivity index (χ0n) is 11.9. The molecule has 0 spiro atoms. The topological polar surface area (TPSA) is 80.8 Å². The number of carbonyl (C=O) groups is 1. The average Bonchev–Trinajstić information content (AvgIpc) is 2.85. The summed E-state index contributed by atoms with van der Waals surface area (Å²) in [4.78, 5) is 18.1. The van der Waals surface area contributed by atoms with Crippen molar-refractivity contribution in [3.05, 3.63) is 11.8 Å². The summed E-state index contributed by atoms with van der Waals surface area (Å²) in [6.45, 7) is 4.73. The molecule has 1 amide bonds. The van der Waals surface area contributed by atoms with Gasteiger partial charge in [-0.05, 0) is 6.42 Å². The first kappa shape index (κ1) is 14.5. The first-order valence-corrected chi connectivity index (χ1v) is 6.90.